The predicted molar refractivity (Wildman–Crippen MR) is 241 cm³/mol. The second-order valence-corrected chi connectivity index (χ2v) is 14.9. The van der Waals surface area contributed by atoms with E-state index >= 15 is 0 Å². The van der Waals surface area contributed by atoms with Crippen LogP contribution >= 0.6 is 0 Å². The minimum absolute atomic E-state index is 1.19. The molecule has 0 nitrogen and oxygen atoms in total. The SMILES string of the molecule is c1cc(-c2cc(-c3ccc4ccccc4c3)cc(-c3c4ccccc4c(-c4ccc5ccccc5c4)c4ccccc34)c2)cc(-c2ccc3ccccc3c2)c1. The third kappa shape index (κ3) is 5.54. The van der Waals surface area contributed by atoms with Gasteiger partial charge in [-0.2, -0.15) is 0 Å². The lowest BCUT2D eigenvalue weighted by Crippen LogP contribution is -1.92. The van der Waals surface area contributed by atoms with Crippen molar-refractivity contribution in [1.82, 2.24) is 0 Å². The highest BCUT2D eigenvalue weighted by molar-refractivity contribution is 6.22. The number of benzene rings is 11. The van der Waals surface area contributed by atoms with Crippen molar-refractivity contribution < 1.29 is 0 Å². The average Bonchev–Trinajstić information content (AvgIpc) is 3.27. The Morgan fingerprint density at radius 3 is 0.946 bits per heavy atom. The molecule has 0 saturated heterocycles. The lowest BCUT2D eigenvalue weighted by molar-refractivity contribution is 1.58. The van der Waals surface area contributed by atoms with Gasteiger partial charge in [-0.25, -0.2) is 0 Å². The van der Waals surface area contributed by atoms with Crippen LogP contribution in [0.5, 0.6) is 0 Å². The summed E-state index contributed by atoms with van der Waals surface area (Å²) in [6.45, 7) is 0. The molecule has 0 heterocycles. The van der Waals surface area contributed by atoms with Gasteiger partial charge in [0.2, 0.25) is 0 Å². The fraction of sp³-hybridized carbons (Fsp3) is 0. The quantitative estimate of drug-likeness (QED) is 0.156. The molecule has 0 aromatic heterocycles. The molecule has 11 aromatic carbocycles. The molecule has 11 aromatic rings. The average molecular weight is 709 g/mol. The van der Waals surface area contributed by atoms with Crippen molar-refractivity contribution in [2.75, 3.05) is 0 Å². The summed E-state index contributed by atoms with van der Waals surface area (Å²) < 4.78 is 0. The summed E-state index contributed by atoms with van der Waals surface area (Å²) in [5.74, 6) is 0. The Hall–Kier alpha value is -7.28. The number of hydrogen-bond acceptors (Lipinski definition) is 0. The van der Waals surface area contributed by atoms with Crippen LogP contribution in [-0.4, -0.2) is 0 Å². The third-order valence-electron chi connectivity index (χ3n) is 11.6. The fourth-order valence-corrected chi connectivity index (χ4v) is 8.82. The van der Waals surface area contributed by atoms with Crippen molar-refractivity contribution in [3.63, 3.8) is 0 Å². The van der Waals surface area contributed by atoms with E-state index < -0.39 is 0 Å². The van der Waals surface area contributed by atoms with E-state index in [2.05, 4.69) is 218 Å². The zero-order chi connectivity index (χ0) is 37.0. The van der Waals surface area contributed by atoms with Gasteiger partial charge in [-0.3, -0.25) is 0 Å². The van der Waals surface area contributed by atoms with Gasteiger partial charge in [0.25, 0.3) is 0 Å². The number of rotatable bonds is 5. The molecule has 0 atom stereocenters. The molecule has 0 radical (unpaired) electrons. The Kier molecular flexibility index (Phi) is 7.60. The Bertz CT molecular complexity index is 3250. The predicted octanol–water partition coefficient (Wildman–Crippen LogP) is 15.8. The Morgan fingerprint density at radius 2 is 0.464 bits per heavy atom. The van der Waals surface area contributed by atoms with Crippen LogP contribution in [0.25, 0.3) is 109 Å². The van der Waals surface area contributed by atoms with Gasteiger partial charge in [0.15, 0.2) is 0 Å². The molecule has 56 heavy (non-hydrogen) atoms. The topological polar surface area (TPSA) is 0 Å². The van der Waals surface area contributed by atoms with E-state index in [0.717, 1.165) is 0 Å². The molecule has 0 saturated carbocycles. The van der Waals surface area contributed by atoms with Gasteiger partial charge in [-0.05, 0) is 152 Å². The standard InChI is InChI=1S/C56H36/c1-4-15-40-30-45(27-24-37(40)12-1)43-18-11-19-44(32-43)48-34-49(46-28-25-38-13-2-5-16-41(38)31-46)36-50(35-48)56-53-22-9-7-20-51(53)55(52-21-8-10-23-54(52)56)47-29-26-39-14-3-6-17-42(39)33-47/h1-36H. The zero-order valence-corrected chi connectivity index (χ0v) is 30.8. The number of hydrogen-bond donors (Lipinski definition) is 0. The molecule has 0 heteroatoms. The molecule has 260 valence electrons. The van der Waals surface area contributed by atoms with Gasteiger partial charge in [0, 0.05) is 0 Å². The van der Waals surface area contributed by atoms with Crippen molar-refractivity contribution in [1.29, 1.82) is 0 Å². The first-order valence-electron chi connectivity index (χ1n) is 19.4. The van der Waals surface area contributed by atoms with E-state index in [0.29, 0.717) is 0 Å². The lowest BCUT2D eigenvalue weighted by atomic mass is 9.84. The Morgan fingerprint density at radius 1 is 0.161 bits per heavy atom. The Labute approximate surface area is 326 Å². The summed E-state index contributed by atoms with van der Waals surface area (Å²) in [5, 5.41) is 12.5. The first kappa shape index (κ1) is 32.2. The molecule has 11 rings (SSSR count). The van der Waals surface area contributed by atoms with E-state index in [-0.39, 0.29) is 0 Å². The van der Waals surface area contributed by atoms with Crippen molar-refractivity contribution in [3.05, 3.63) is 218 Å². The zero-order valence-electron chi connectivity index (χ0n) is 30.8. The van der Waals surface area contributed by atoms with Crippen molar-refractivity contribution >= 4 is 53.9 Å². The van der Waals surface area contributed by atoms with E-state index in [9.17, 15) is 0 Å². The molecule has 0 amide bonds. The summed E-state index contributed by atoms with van der Waals surface area (Å²) >= 11 is 0. The largest absolute Gasteiger partial charge is 0.0616 e. The molecule has 0 fully saturated rings. The van der Waals surface area contributed by atoms with Crippen LogP contribution in [0, 0.1) is 0 Å². The van der Waals surface area contributed by atoms with Crippen LogP contribution in [-0.2, 0) is 0 Å². The van der Waals surface area contributed by atoms with E-state index in [1.165, 1.54) is 109 Å². The summed E-state index contributed by atoms with van der Waals surface area (Å²) in [5.41, 5.74) is 12.2. The minimum Gasteiger partial charge on any atom is -0.0616 e. The van der Waals surface area contributed by atoms with Crippen LogP contribution in [0.3, 0.4) is 0 Å². The molecular formula is C56H36. The van der Waals surface area contributed by atoms with Crippen LogP contribution in [0.1, 0.15) is 0 Å². The number of fused-ring (bicyclic) bond motifs is 5. The fourth-order valence-electron chi connectivity index (χ4n) is 8.82. The molecule has 0 aliphatic carbocycles. The van der Waals surface area contributed by atoms with Gasteiger partial charge in [0.05, 0.1) is 0 Å². The van der Waals surface area contributed by atoms with E-state index in [1.807, 2.05) is 0 Å². The highest BCUT2D eigenvalue weighted by atomic mass is 14.2. The maximum Gasteiger partial charge on any atom is -0.00259 e. The maximum atomic E-state index is 2.41. The van der Waals surface area contributed by atoms with Crippen LogP contribution in [0.2, 0.25) is 0 Å². The molecule has 0 N–H and O–H groups in total. The van der Waals surface area contributed by atoms with Crippen LogP contribution in [0.15, 0.2) is 218 Å². The van der Waals surface area contributed by atoms with E-state index in [4.69, 9.17) is 0 Å². The van der Waals surface area contributed by atoms with Gasteiger partial charge >= 0.3 is 0 Å². The highest BCUT2D eigenvalue weighted by Crippen LogP contribution is 2.46. The summed E-state index contributed by atoms with van der Waals surface area (Å²) in [6.07, 6.45) is 0. The third-order valence-corrected chi connectivity index (χ3v) is 11.6. The second-order valence-electron chi connectivity index (χ2n) is 14.9. The summed E-state index contributed by atoms with van der Waals surface area (Å²) in [7, 11) is 0. The maximum absolute atomic E-state index is 2.41. The normalized spacial score (nSPS) is 11.6. The van der Waals surface area contributed by atoms with Gasteiger partial charge in [-0.15, -0.1) is 0 Å². The van der Waals surface area contributed by atoms with Crippen LogP contribution in [0.4, 0.5) is 0 Å². The van der Waals surface area contributed by atoms with Crippen molar-refractivity contribution in [2.24, 2.45) is 0 Å². The van der Waals surface area contributed by atoms with Crippen molar-refractivity contribution in [3.8, 4) is 55.6 Å². The highest BCUT2D eigenvalue weighted by Gasteiger charge is 2.18. The van der Waals surface area contributed by atoms with Gasteiger partial charge in [0.1, 0.15) is 0 Å². The molecule has 0 bridgehead atoms. The summed E-state index contributed by atoms with van der Waals surface area (Å²) in [6, 6.07) is 80.6. The summed E-state index contributed by atoms with van der Waals surface area (Å²) in [4.78, 5) is 0. The molecule has 0 unspecified atom stereocenters. The van der Waals surface area contributed by atoms with Crippen LogP contribution < -0.4 is 0 Å². The minimum atomic E-state index is 1.19. The van der Waals surface area contributed by atoms with E-state index in [1.54, 1.807) is 0 Å². The lowest BCUT2D eigenvalue weighted by Gasteiger charge is -2.19. The smallest absolute Gasteiger partial charge is 0.00259 e. The Balaban J connectivity index is 1.16. The first-order valence-corrected chi connectivity index (χ1v) is 19.4. The van der Waals surface area contributed by atoms with Gasteiger partial charge in [-0.1, -0.05) is 176 Å². The van der Waals surface area contributed by atoms with Crippen molar-refractivity contribution in [2.45, 2.75) is 0 Å². The second kappa shape index (κ2) is 13.2. The molecule has 0 aliphatic rings. The van der Waals surface area contributed by atoms with Gasteiger partial charge < -0.3 is 0 Å². The monoisotopic (exact) mass is 708 g/mol. The molecular weight excluding hydrogens is 673 g/mol. The molecule has 0 spiro atoms. The molecule has 0 aliphatic heterocycles. The first-order chi connectivity index (χ1) is 27.7.